The van der Waals surface area contributed by atoms with Gasteiger partial charge in [-0.3, -0.25) is 19.5 Å². The van der Waals surface area contributed by atoms with Gasteiger partial charge < -0.3 is 5.32 Å². The number of aromatic nitrogens is 2. The van der Waals surface area contributed by atoms with Crippen molar-refractivity contribution in [2.24, 2.45) is 5.92 Å². The van der Waals surface area contributed by atoms with E-state index in [1.165, 1.54) is 6.42 Å². The predicted octanol–water partition coefficient (Wildman–Crippen LogP) is 2.16. The van der Waals surface area contributed by atoms with Gasteiger partial charge in [0.05, 0.1) is 10.8 Å². The first-order chi connectivity index (χ1) is 12.1. The topological polar surface area (TPSA) is 84.0 Å². The Morgan fingerprint density at radius 1 is 1.24 bits per heavy atom. The van der Waals surface area contributed by atoms with E-state index in [-0.39, 0.29) is 29.6 Å². The highest BCUT2D eigenvalue weighted by atomic mass is 16.2. The first kappa shape index (κ1) is 17.5. The van der Waals surface area contributed by atoms with Crippen molar-refractivity contribution in [3.05, 3.63) is 45.0 Å². The molecule has 0 aliphatic heterocycles. The van der Waals surface area contributed by atoms with Gasteiger partial charge in [-0.15, -0.1) is 0 Å². The zero-order chi connectivity index (χ0) is 17.8. The molecule has 2 atom stereocenters. The molecule has 134 valence electrons. The van der Waals surface area contributed by atoms with Crippen molar-refractivity contribution in [1.29, 1.82) is 0 Å². The first-order valence-corrected chi connectivity index (χ1v) is 9.11. The van der Waals surface area contributed by atoms with Crippen LogP contribution in [-0.4, -0.2) is 21.7 Å². The van der Waals surface area contributed by atoms with E-state index in [2.05, 4.69) is 17.3 Å². The van der Waals surface area contributed by atoms with Crippen molar-refractivity contribution in [3.8, 4) is 0 Å². The number of rotatable bonds is 6. The molecule has 6 nitrogen and oxygen atoms in total. The van der Waals surface area contributed by atoms with Gasteiger partial charge in [0.1, 0.15) is 6.54 Å². The van der Waals surface area contributed by atoms with Crippen LogP contribution in [-0.2, 0) is 11.3 Å². The normalized spacial score (nSPS) is 20.0. The number of amides is 1. The summed E-state index contributed by atoms with van der Waals surface area (Å²) < 4.78 is 1.11. The van der Waals surface area contributed by atoms with E-state index in [4.69, 9.17) is 0 Å². The van der Waals surface area contributed by atoms with E-state index < -0.39 is 0 Å². The van der Waals surface area contributed by atoms with Crippen molar-refractivity contribution in [2.75, 3.05) is 0 Å². The Morgan fingerprint density at radius 2 is 2.00 bits per heavy atom. The van der Waals surface area contributed by atoms with E-state index in [1.54, 1.807) is 24.3 Å². The quantitative estimate of drug-likeness (QED) is 0.843. The number of nitrogens with zero attached hydrogens (tertiary/aromatic N) is 1. The summed E-state index contributed by atoms with van der Waals surface area (Å²) in [7, 11) is 0. The van der Waals surface area contributed by atoms with E-state index >= 15 is 0 Å². The monoisotopic (exact) mass is 343 g/mol. The minimum absolute atomic E-state index is 0.157. The summed E-state index contributed by atoms with van der Waals surface area (Å²) in [5.74, 6) is 0.303. The number of H-pyrrole nitrogens is 1. The average molecular weight is 343 g/mol. The zero-order valence-corrected chi connectivity index (χ0v) is 14.6. The molecule has 1 aromatic carbocycles. The fourth-order valence-electron chi connectivity index (χ4n) is 3.79. The molecule has 6 heteroatoms. The Balaban J connectivity index is 1.73. The van der Waals surface area contributed by atoms with Gasteiger partial charge in [-0.05, 0) is 37.3 Å². The van der Waals surface area contributed by atoms with Crippen molar-refractivity contribution in [2.45, 2.75) is 58.0 Å². The largest absolute Gasteiger partial charge is 0.351 e. The summed E-state index contributed by atoms with van der Waals surface area (Å²) in [6.45, 7) is 2.01. The van der Waals surface area contributed by atoms with Gasteiger partial charge in [-0.2, -0.15) is 0 Å². The molecule has 0 saturated heterocycles. The lowest BCUT2D eigenvalue weighted by atomic mass is 9.97. The molecule has 0 spiro atoms. The lowest BCUT2D eigenvalue weighted by Gasteiger charge is -2.21. The van der Waals surface area contributed by atoms with Gasteiger partial charge in [0.15, 0.2) is 0 Å². The van der Waals surface area contributed by atoms with Gasteiger partial charge in [0, 0.05) is 6.04 Å². The van der Waals surface area contributed by atoms with Gasteiger partial charge in [0.25, 0.3) is 11.1 Å². The van der Waals surface area contributed by atoms with Crippen LogP contribution in [0.15, 0.2) is 33.9 Å². The third-order valence-electron chi connectivity index (χ3n) is 5.12. The van der Waals surface area contributed by atoms with Gasteiger partial charge in [0.2, 0.25) is 5.91 Å². The minimum atomic E-state index is -0.357. The third-order valence-corrected chi connectivity index (χ3v) is 5.12. The molecule has 2 unspecified atom stereocenters. The SMILES string of the molecule is CCCCC1CCCC1NC(=O)Cn1[nH]c(=O)c2ccccc2c1=O. The molecule has 1 amide bonds. The van der Waals surface area contributed by atoms with E-state index in [0.717, 1.165) is 36.8 Å². The van der Waals surface area contributed by atoms with Gasteiger partial charge in [-0.25, -0.2) is 4.68 Å². The second-order valence-electron chi connectivity index (χ2n) is 6.89. The lowest BCUT2D eigenvalue weighted by molar-refractivity contribution is -0.122. The van der Waals surface area contributed by atoms with Gasteiger partial charge >= 0.3 is 0 Å². The number of hydrogen-bond donors (Lipinski definition) is 2. The molecule has 1 saturated carbocycles. The Morgan fingerprint density at radius 3 is 2.76 bits per heavy atom. The molecular weight excluding hydrogens is 318 g/mol. The number of carbonyl (C=O) groups is 1. The molecule has 1 aromatic heterocycles. The number of fused-ring (bicyclic) bond motifs is 1. The molecule has 2 aromatic rings. The Kier molecular flexibility index (Phi) is 5.36. The first-order valence-electron chi connectivity index (χ1n) is 9.11. The minimum Gasteiger partial charge on any atom is -0.351 e. The third kappa shape index (κ3) is 3.83. The summed E-state index contributed by atoms with van der Waals surface area (Å²) >= 11 is 0. The Bertz CT molecular complexity index is 868. The van der Waals surface area contributed by atoms with Crippen molar-refractivity contribution >= 4 is 16.7 Å². The van der Waals surface area contributed by atoms with Crippen molar-refractivity contribution < 1.29 is 4.79 Å². The van der Waals surface area contributed by atoms with Crippen LogP contribution in [0.1, 0.15) is 45.4 Å². The second kappa shape index (κ2) is 7.68. The summed E-state index contributed by atoms with van der Waals surface area (Å²) in [4.78, 5) is 37.0. The van der Waals surface area contributed by atoms with Crippen LogP contribution < -0.4 is 16.4 Å². The van der Waals surface area contributed by atoms with E-state index in [1.807, 2.05) is 0 Å². The smallest absolute Gasteiger partial charge is 0.273 e. The number of aromatic amines is 1. The molecule has 1 heterocycles. The maximum atomic E-state index is 12.5. The fraction of sp³-hybridized carbons (Fsp3) is 0.526. The summed E-state index contributed by atoms with van der Waals surface area (Å²) in [5, 5.41) is 6.25. The van der Waals surface area contributed by atoms with Crippen LogP contribution in [0.25, 0.3) is 10.8 Å². The Hall–Kier alpha value is -2.37. The molecule has 0 bridgehead atoms. The van der Waals surface area contributed by atoms with Crippen LogP contribution in [0.5, 0.6) is 0 Å². The van der Waals surface area contributed by atoms with Crippen LogP contribution in [0.2, 0.25) is 0 Å². The molecular formula is C19H25N3O3. The van der Waals surface area contributed by atoms with Crippen LogP contribution in [0.3, 0.4) is 0 Å². The van der Waals surface area contributed by atoms with Crippen LogP contribution in [0.4, 0.5) is 0 Å². The molecule has 2 N–H and O–H groups in total. The predicted molar refractivity (Wildman–Crippen MR) is 97.6 cm³/mol. The van der Waals surface area contributed by atoms with Gasteiger partial charge in [-0.1, -0.05) is 38.3 Å². The number of nitrogens with one attached hydrogen (secondary N) is 2. The molecule has 25 heavy (non-hydrogen) atoms. The molecule has 3 rings (SSSR count). The molecule has 1 aliphatic rings. The number of hydrogen-bond acceptors (Lipinski definition) is 3. The van der Waals surface area contributed by atoms with Crippen molar-refractivity contribution in [1.82, 2.24) is 15.1 Å². The number of unbranched alkanes of at least 4 members (excludes halogenated alkanes) is 1. The molecule has 0 radical (unpaired) electrons. The van der Waals surface area contributed by atoms with E-state index in [9.17, 15) is 14.4 Å². The number of carbonyl (C=O) groups excluding carboxylic acids is 1. The zero-order valence-electron chi connectivity index (χ0n) is 14.6. The number of benzene rings is 1. The standard InChI is InChI=1S/C19H25N3O3/c1-2-3-7-13-8-6-11-16(13)20-17(23)12-22-19(25)15-10-5-4-9-14(15)18(24)21-22/h4-5,9-10,13,16H,2-3,6-8,11-12H2,1H3,(H,20,23)(H,21,24). The summed E-state index contributed by atoms with van der Waals surface area (Å²) in [5.41, 5.74) is -0.705. The maximum Gasteiger partial charge on any atom is 0.273 e. The molecule has 1 fully saturated rings. The molecule has 1 aliphatic carbocycles. The van der Waals surface area contributed by atoms with Crippen LogP contribution >= 0.6 is 0 Å². The highest BCUT2D eigenvalue weighted by molar-refractivity contribution is 5.81. The highest BCUT2D eigenvalue weighted by Crippen LogP contribution is 2.29. The fourth-order valence-corrected chi connectivity index (χ4v) is 3.79. The second-order valence-corrected chi connectivity index (χ2v) is 6.89. The van der Waals surface area contributed by atoms with Crippen LogP contribution in [0, 0.1) is 5.92 Å². The lowest BCUT2D eigenvalue weighted by Crippen LogP contribution is -2.42. The maximum absolute atomic E-state index is 12.5. The van der Waals surface area contributed by atoms with E-state index in [0.29, 0.717) is 16.7 Å². The summed E-state index contributed by atoms with van der Waals surface area (Å²) in [6, 6.07) is 6.83. The highest BCUT2D eigenvalue weighted by Gasteiger charge is 2.28. The Labute approximate surface area is 146 Å². The van der Waals surface area contributed by atoms with Crippen molar-refractivity contribution in [3.63, 3.8) is 0 Å². The average Bonchev–Trinajstić information content (AvgIpc) is 3.04. The summed E-state index contributed by atoms with van der Waals surface area (Å²) in [6.07, 6.45) is 6.74.